The van der Waals surface area contributed by atoms with E-state index in [1.165, 1.54) is 0 Å². The monoisotopic (exact) mass is 201 g/mol. The largest absolute Gasteiger partial charge is 0.481 e. The third-order valence-corrected chi connectivity index (χ3v) is 2.35. The quantitative estimate of drug-likeness (QED) is 0.724. The molecule has 3 nitrogen and oxygen atoms in total. The average molecular weight is 201 g/mol. The molecule has 1 N–H and O–H groups in total. The van der Waals surface area contributed by atoms with Gasteiger partial charge in [0.05, 0.1) is 0 Å². The van der Waals surface area contributed by atoms with Crippen LogP contribution in [0.3, 0.4) is 0 Å². The molecule has 0 unspecified atom stereocenters. The van der Waals surface area contributed by atoms with Gasteiger partial charge >= 0.3 is 0 Å². The Labute approximate surface area is 88.4 Å². The van der Waals surface area contributed by atoms with E-state index < -0.39 is 0 Å². The molecule has 3 heteroatoms. The molecule has 0 atom stereocenters. The van der Waals surface area contributed by atoms with Gasteiger partial charge in [0.25, 0.3) is 5.91 Å². The van der Waals surface area contributed by atoms with Gasteiger partial charge in [0.15, 0.2) is 0 Å². The van der Waals surface area contributed by atoms with Gasteiger partial charge in [-0.3, -0.25) is 4.79 Å². The first-order chi connectivity index (χ1) is 7.33. The molecule has 1 aliphatic heterocycles. The zero-order chi connectivity index (χ0) is 10.7. The molecule has 0 saturated heterocycles. The van der Waals surface area contributed by atoms with Crippen molar-refractivity contribution in [2.75, 3.05) is 13.2 Å². The number of rotatable bonds is 2. The van der Waals surface area contributed by atoms with Crippen LogP contribution in [0, 0.1) is 12.3 Å². The lowest BCUT2D eigenvalue weighted by Gasteiger charge is -2.18. The number of benzene rings is 1. The van der Waals surface area contributed by atoms with Crippen LogP contribution in [0.2, 0.25) is 0 Å². The average Bonchev–Trinajstić information content (AvgIpc) is 2.27. The van der Waals surface area contributed by atoms with Gasteiger partial charge in [-0.25, -0.2) is 0 Å². The number of ether oxygens (including phenoxy) is 1. The minimum atomic E-state index is -0.0394. The van der Waals surface area contributed by atoms with Crippen molar-refractivity contribution >= 4 is 5.91 Å². The lowest BCUT2D eigenvalue weighted by atomic mass is 9.99. The number of carbonyl (C=O) groups excluding carboxylic acids is 1. The number of nitrogens with one attached hydrogen (secondary N) is 1. The molecule has 76 valence electrons. The molecule has 0 aliphatic carbocycles. The van der Waals surface area contributed by atoms with Gasteiger partial charge in [-0.1, -0.05) is 12.0 Å². The summed E-state index contributed by atoms with van der Waals surface area (Å²) in [6.07, 6.45) is 5.92. The Hall–Kier alpha value is -1.95. The lowest BCUT2D eigenvalue weighted by Crippen LogP contribution is -2.32. The van der Waals surface area contributed by atoms with Crippen LogP contribution in [0.15, 0.2) is 18.2 Å². The van der Waals surface area contributed by atoms with Crippen LogP contribution in [0.4, 0.5) is 0 Å². The lowest BCUT2D eigenvalue weighted by molar-refractivity contribution is 0.0945. The predicted octanol–water partition coefficient (Wildman–Crippen LogP) is 0.984. The summed E-state index contributed by atoms with van der Waals surface area (Å²) < 4.78 is 5.39. The summed E-state index contributed by atoms with van der Waals surface area (Å²) in [5, 5.41) is 2.79. The number of fused-ring (bicyclic) bond motifs is 1. The maximum atomic E-state index is 11.5. The smallest absolute Gasteiger partial charge is 0.251 e. The number of hydrogen-bond donors (Lipinski definition) is 1. The zero-order valence-electron chi connectivity index (χ0n) is 8.25. The molecule has 0 radical (unpaired) electrons. The fourth-order valence-electron chi connectivity index (χ4n) is 1.69. The Morgan fingerprint density at radius 2 is 2.40 bits per heavy atom. The van der Waals surface area contributed by atoms with Gasteiger partial charge in [0, 0.05) is 17.7 Å². The molecule has 15 heavy (non-hydrogen) atoms. The number of amides is 1. The van der Waals surface area contributed by atoms with Crippen LogP contribution in [0.1, 0.15) is 15.9 Å². The highest BCUT2D eigenvalue weighted by atomic mass is 16.5. The van der Waals surface area contributed by atoms with E-state index in [2.05, 4.69) is 11.2 Å². The van der Waals surface area contributed by atoms with E-state index >= 15 is 0 Å². The molecule has 0 aromatic heterocycles. The van der Waals surface area contributed by atoms with E-state index in [0.29, 0.717) is 12.1 Å². The van der Waals surface area contributed by atoms with E-state index in [4.69, 9.17) is 11.2 Å². The topological polar surface area (TPSA) is 38.3 Å². The summed E-state index contributed by atoms with van der Waals surface area (Å²) >= 11 is 0. The molecule has 0 spiro atoms. The number of carbonyl (C=O) groups is 1. The molecular formula is C12H11NO2. The van der Waals surface area contributed by atoms with Gasteiger partial charge in [-0.2, -0.15) is 0 Å². The predicted molar refractivity (Wildman–Crippen MR) is 56.8 cm³/mol. The maximum absolute atomic E-state index is 11.5. The molecule has 1 aromatic rings. The third-order valence-electron chi connectivity index (χ3n) is 2.35. The van der Waals surface area contributed by atoms with E-state index in [9.17, 15) is 4.79 Å². The first kappa shape index (κ1) is 9.60. The highest BCUT2D eigenvalue weighted by Gasteiger charge is 2.19. The molecule has 1 heterocycles. The molecule has 1 aromatic carbocycles. The fourth-order valence-corrected chi connectivity index (χ4v) is 1.69. The number of hydrogen-bond acceptors (Lipinski definition) is 2. The molecule has 1 amide bonds. The Morgan fingerprint density at radius 1 is 1.53 bits per heavy atom. The van der Waals surface area contributed by atoms with Crippen LogP contribution in [0.5, 0.6) is 5.75 Å². The Balaban J connectivity index is 2.36. The van der Waals surface area contributed by atoms with Gasteiger partial charge in [-0.05, 0) is 18.6 Å². The standard InChI is InChI=1S/C12H11NO2/c1-2-8-15-11-5-3-4-10-9(11)6-7-13-12(10)14/h1,3-5H,6-8H2,(H,13,14). The molecular weight excluding hydrogens is 190 g/mol. The van der Waals surface area contributed by atoms with E-state index in [1.54, 1.807) is 12.1 Å². The summed E-state index contributed by atoms with van der Waals surface area (Å²) in [7, 11) is 0. The normalized spacial score (nSPS) is 13.7. The van der Waals surface area contributed by atoms with Crippen LogP contribution in [-0.4, -0.2) is 19.1 Å². The minimum absolute atomic E-state index is 0.0394. The molecule has 0 saturated carbocycles. The van der Waals surface area contributed by atoms with Crippen LogP contribution < -0.4 is 10.1 Å². The first-order valence-electron chi connectivity index (χ1n) is 4.79. The van der Waals surface area contributed by atoms with Gasteiger partial charge in [-0.15, -0.1) is 6.42 Å². The summed E-state index contributed by atoms with van der Waals surface area (Å²) in [6, 6.07) is 5.44. The minimum Gasteiger partial charge on any atom is -0.481 e. The van der Waals surface area contributed by atoms with E-state index in [1.807, 2.05) is 6.07 Å². The zero-order valence-corrected chi connectivity index (χ0v) is 8.25. The highest BCUT2D eigenvalue weighted by Crippen LogP contribution is 2.24. The summed E-state index contributed by atoms with van der Waals surface area (Å²) in [5.74, 6) is 3.09. The fraction of sp³-hybridized carbons (Fsp3) is 0.250. The van der Waals surface area contributed by atoms with Crippen molar-refractivity contribution in [3.05, 3.63) is 29.3 Å². The maximum Gasteiger partial charge on any atom is 0.251 e. The van der Waals surface area contributed by atoms with Crippen LogP contribution >= 0.6 is 0 Å². The van der Waals surface area contributed by atoms with Crippen molar-refractivity contribution in [2.45, 2.75) is 6.42 Å². The van der Waals surface area contributed by atoms with Gasteiger partial charge in [0.2, 0.25) is 0 Å². The van der Waals surface area contributed by atoms with Crippen molar-refractivity contribution in [3.8, 4) is 18.1 Å². The molecule has 0 fully saturated rings. The van der Waals surface area contributed by atoms with Crippen molar-refractivity contribution in [1.29, 1.82) is 0 Å². The van der Waals surface area contributed by atoms with Crippen molar-refractivity contribution < 1.29 is 9.53 Å². The molecule has 1 aliphatic rings. The molecule has 2 rings (SSSR count). The van der Waals surface area contributed by atoms with Gasteiger partial charge in [0.1, 0.15) is 12.4 Å². The summed E-state index contributed by atoms with van der Waals surface area (Å²) in [5.41, 5.74) is 1.65. The van der Waals surface area contributed by atoms with Gasteiger partial charge < -0.3 is 10.1 Å². The second kappa shape index (κ2) is 4.05. The summed E-state index contributed by atoms with van der Waals surface area (Å²) in [6.45, 7) is 0.889. The Bertz CT molecular complexity index is 432. The van der Waals surface area contributed by atoms with E-state index in [-0.39, 0.29) is 12.5 Å². The van der Waals surface area contributed by atoms with Crippen molar-refractivity contribution in [1.82, 2.24) is 5.32 Å². The first-order valence-corrected chi connectivity index (χ1v) is 4.79. The third kappa shape index (κ3) is 1.79. The van der Waals surface area contributed by atoms with Crippen molar-refractivity contribution in [3.63, 3.8) is 0 Å². The second-order valence-corrected chi connectivity index (χ2v) is 3.28. The second-order valence-electron chi connectivity index (χ2n) is 3.28. The summed E-state index contributed by atoms with van der Waals surface area (Å²) in [4.78, 5) is 11.5. The number of terminal acetylenes is 1. The Kier molecular flexibility index (Phi) is 2.59. The highest BCUT2D eigenvalue weighted by molar-refractivity contribution is 5.97. The van der Waals surface area contributed by atoms with E-state index in [0.717, 1.165) is 17.7 Å². The Morgan fingerprint density at radius 3 is 3.20 bits per heavy atom. The SMILES string of the molecule is C#CCOc1cccc2c1CCNC2=O. The van der Waals surface area contributed by atoms with Crippen molar-refractivity contribution in [2.24, 2.45) is 0 Å². The molecule has 0 bridgehead atoms. The van der Waals surface area contributed by atoms with Crippen LogP contribution in [-0.2, 0) is 6.42 Å². The van der Waals surface area contributed by atoms with Crippen LogP contribution in [0.25, 0.3) is 0 Å².